The molecule has 1 aliphatic heterocycles. The second-order valence-corrected chi connectivity index (χ2v) is 8.79. The third-order valence-electron chi connectivity index (χ3n) is 6.24. The van der Waals surface area contributed by atoms with Crippen LogP contribution in [0.5, 0.6) is 0 Å². The first-order valence-corrected chi connectivity index (χ1v) is 10.2. The number of carbonyl (C=O) groups is 1. The first kappa shape index (κ1) is 25.3. The molecule has 1 unspecified atom stereocenters. The third kappa shape index (κ3) is 5.64. The zero-order valence-electron chi connectivity index (χ0n) is 17.9. The number of ether oxygens (including phenoxy) is 1. The molecule has 1 rings (SSSR count). The molecule has 0 aromatic heterocycles. The molecule has 6 N–H and O–H groups in total. The number of rotatable bonds is 1. The summed E-state index contributed by atoms with van der Waals surface area (Å²) in [5.41, 5.74) is -3.15. The summed E-state index contributed by atoms with van der Waals surface area (Å²) in [5, 5.41) is 56.4. The van der Waals surface area contributed by atoms with Crippen LogP contribution in [0.1, 0.15) is 60.8 Å². The minimum absolute atomic E-state index is 0.258. The zero-order chi connectivity index (χ0) is 21.9. The van der Waals surface area contributed by atoms with Crippen molar-refractivity contribution in [3.63, 3.8) is 0 Å². The van der Waals surface area contributed by atoms with E-state index in [2.05, 4.69) is 5.32 Å². The lowest BCUT2D eigenvalue weighted by molar-refractivity contribution is -0.190. The van der Waals surface area contributed by atoms with Crippen LogP contribution in [0.3, 0.4) is 0 Å². The van der Waals surface area contributed by atoms with Crippen molar-refractivity contribution in [2.75, 3.05) is 6.54 Å². The molecule has 0 aliphatic carbocycles. The summed E-state index contributed by atoms with van der Waals surface area (Å²) in [6.45, 7) is 9.87. The SMILES string of the molecule is CC[C@H]1OC(=O)[C@H](C)C(O)[C@H](C)[C@@H](O)[C@](C)(O)CCCN[C@H](C)[C@@H](O)[C@]1(C)O. The van der Waals surface area contributed by atoms with Crippen LogP contribution in [-0.4, -0.2) is 79.7 Å². The van der Waals surface area contributed by atoms with E-state index in [1.165, 1.54) is 20.8 Å². The zero-order valence-corrected chi connectivity index (χ0v) is 17.9. The van der Waals surface area contributed by atoms with Crippen LogP contribution < -0.4 is 5.32 Å². The summed E-state index contributed by atoms with van der Waals surface area (Å²) < 4.78 is 5.45. The van der Waals surface area contributed by atoms with Gasteiger partial charge in [-0.1, -0.05) is 13.8 Å². The van der Waals surface area contributed by atoms with E-state index in [-0.39, 0.29) is 12.8 Å². The number of nitrogens with one attached hydrogen (secondary N) is 1. The summed E-state index contributed by atoms with van der Waals surface area (Å²) in [6.07, 6.45) is -3.62. The Balaban J connectivity index is 3.20. The van der Waals surface area contributed by atoms with Crippen LogP contribution in [0.4, 0.5) is 0 Å². The van der Waals surface area contributed by atoms with E-state index in [0.29, 0.717) is 13.0 Å². The van der Waals surface area contributed by atoms with Crippen LogP contribution in [0.25, 0.3) is 0 Å². The highest BCUT2D eigenvalue weighted by Crippen LogP contribution is 2.30. The molecule has 9 atom stereocenters. The topological polar surface area (TPSA) is 139 Å². The smallest absolute Gasteiger partial charge is 0.311 e. The highest BCUT2D eigenvalue weighted by atomic mass is 16.6. The van der Waals surface area contributed by atoms with Gasteiger partial charge in [0.2, 0.25) is 0 Å². The number of cyclic esters (lactones) is 1. The predicted octanol–water partition coefficient (Wildman–Crippen LogP) is -0.0630. The van der Waals surface area contributed by atoms with E-state index in [1.807, 2.05) is 0 Å². The Kier molecular flexibility index (Phi) is 8.86. The Labute approximate surface area is 167 Å². The highest BCUT2D eigenvalue weighted by Gasteiger charge is 2.45. The molecule has 0 aromatic carbocycles. The first-order chi connectivity index (χ1) is 12.8. The van der Waals surface area contributed by atoms with Gasteiger partial charge in [0.05, 0.1) is 23.7 Å². The number of aliphatic hydroxyl groups is 5. The van der Waals surface area contributed by atoms with Crippen LogP contribution in [0.15, 0.2) is 0 Å². The van der Waals surface area contributed by atoms with Crippen molar-refractivity contribution in [1.29, 1.82) is 0 Å². The maximum atomic E-state index is 12.6. The second-order valence-electron chi connectivity index (χ2n) is 8.79. The van der Waals surface area contributed by atoms with Crippen LogP contribution in [0, 0.1) is 11.8 Å². The van der Waals surface area contributed by atoms with E-state index in [0.717, 1.165) is 0 Å². The van der Waals surface area contributed by atoms with E-state index < -0.39 is 59.5 Å². The molecule has 1 heterocycles. The van der Waals surface area contributed by atoms with Gasteiger partial charge in [-0.05, 0) is 53.5 Å². The van der Waals surface area contributed by atoms with Gasteiger partial charge < -0.3 is 35.6 Å². The molecule has 0 radical (unpaired) electrons. The van der Waals surface area contributed by atoms with Gasteiger partial charge in [-0.25, -0.2) is 0 Å². The lowest BCUT2D eigenvalue weighted by Gasteiger charge is -2.39. The molecular weight excluding hydrogens is 366 g/mol. The van der Waals surface area contributed by atoms with Crippen molar-refractivity contribution in [3.05, 3.63) is 0 Å². The molecule has 0 saturated carbocycles. The van der Waals surface area contributed by atoms with E-state index in [4.69, 9.17) is 4.74 Å². The largest absolute Gasteiger partial charge is 0.459 e. The number of carbonyl (C=O) groups excluding carboxylic acids is 1. The Morgan fingerprint density at radius 2 is 1.68 bits per heavy atom. The summed E-state index contributed by atoms with van der Waals surface area (Å²) in [6, 6.07) is -0.496. The number of hydrogen-bond acceptors (Lipinski definition) is 8. The van der Waals surface area contributed by atoms with E-state index >= 15 is 0 Å². The monoisotopic (exact) mass is 405 g/mol. The summed E-state index contributed by atoms with van der Waals surface area (Å²) >= 11 is 0. The van der Waals surface area contributed by atoms with E-state index in [1.54, 1.807) is 20.8 Å². The van der Waals surface area contributed by atoms with Crippen LogP contribution >= 0.6 is 0 Å². The standard InChI is InChI=1S/C20H39NO7/c1-7-14-20(6,27)17(24)13(4)21-10-8-9-19(5,26)16(23)11(2)15(22)12(3)18(25)28-14/h11-17,21-24,26-27H,7-10H2,1-6H3/t11-,12+,13+,14+,15?,16+,17+,19+,20+/m0/s1. The van der Waals surface area contributed by atoms with Gasteiger partial charge in [0.15, 0.2) is 0 Å². The van der Waals surface area contributed by atoms with Crippen LogP contribution in [-0.2, 0) is 9.53 Å². The summed E-state index contributed by atoms with van der Waals surface area (Å²) in [5.74, 6) is -2.50. The van der Waals surface area contributed by atoms with E-state index in [9.17, 15) is 30.3 Å². The molecule has 8 nitrogen and oxygen atoms in total. The maximum absolute atomic E-state index is 12.6. The Bertz CT molecular complexity index is 511. The van der Waals surface area contributed by atoms with Crippen molar-refractivity contribution in [1.82, 2.24) is 5.32 Å². The second kappa shape index (κ2) is 9.82. The Morgan fingerprint density at radius 3 is 2.21 bits per heavy atom. The average Bonchev–Trinajstić information content (AvgIpc) is 2.64. The quantitative estimate of drug-likeness (QED) is 0.334. The van der Waals surface area contributed by atoms with Gasteiger partial charge in [0, 0.05) is 12.0 Å². The summed E-state index contributed by atoms with van der Waals surface area (Å²) in [7, 11) is 0. The first-order valence-electron chi connectivity index (χ1n) is 10.2. The maximum Gasteiger partial charge on any atom is 0.311 e. The third-order valence-corrected chi connectivity index (χ3v) is 6.24. The molecule has 28 heavy (non-hydrogen) atoms. The molecule has 0 aromatic rings. The molecular formula is C20H39NO7. The number of esters is 1. The fourth-order valence-corrected chi connectivity index (χ4v) is 3.94. The molecule has 1 fully saturated rings. The molecule has 0 bridgehead atoms. The lowest BCUT2D eigenvalue weighted by atomic mass is 9.80. The molecule has 0 spiro atoms. The molecule has 1 aliphatic rings. The Morgan fingerprint density at radius 1 is 1.11 bits per heavy atom. The van der Waals surface area contributed by atoms with Gasteiger partial charge in [0.25, 0.3) is 0 Å². The van der Waals surface area contributed by atoms with Gasteiger partial charge >= 0.3 is 5.97 Å². The summed E-state index contributed by atoms with van der Waals surface area (Å²) in [4.78, 5) is 12.6. The highest BCUT2D eigenvalue weighted by molar-refractivity contribution is 5.73. The average molecular weight is 406 g/mol. The fourth-order valence-electron chi connectivity index (χ4n) is 3.94. The molecule has 1 saturated heterocycles. The fraction of sp³-hybridized carbons (Fsp3) is 0.950. The molecule has 0 amide bonds. The number of hydrogen-bond donors (Lipinski definition) is 6. The van der Waals surface area contributed by atoms with Crippen LogP contribution in [0.2, 0.25) is 0 Å². The van der Waals surface area contributed by atoms with Crippen molar-refractivity contribution >= 4 is 5.97 Å². The van der Waals surface area contributed by atoms with Crippen molar-refractivity contribution in [3.8, 4) is 0 Å². The van der Waals surface area contributed by atoms with Gasteiger partial charge in [-0.2, -0.15) is 0 Å². The van der Waals surface area contributed by atoms with Gasteiger partial charge in [-0.3, -0.25) is 4.79 Å². The number of aliphatic hydroxyl groups excluding tert-OH is 3. The van der Waals surface area contributed by atoms with Gasteiger partial charge in [-0.15, -0.1) is 0 Å². The minimum Gasteiger partial charge on any atom is -0.459 e. The predicted molar refractivity (Wildman–Crippen MR) is 104 cm³/mol. The Hall–Kier alpha value is -0.770. The normalized spacial score (nSPS) is 47.7. The molecule has 166 valence electrons. The van der Waals surface area contributed by atoms with Crippen molar-refractivity contribution < 1.29 is 35.1 Å². The van der Waals surface area contributed by atoms with Gasteiger partial charge in [0.1, 0.15) is 17.8 Å². The van der Waals surface area contributed by atoms with Crippen molar-refractivity contribution in [2.45, 2.75) is 102 Å². The minimum atomic E-state index is -1.70. The lowest BCUT2D eigenvalue weighted by Crippen LogP contribution is -2.58. The molecule has 8 heteroatoms. The van der Waals surface area contributed by atoms with Crippen molar-refractivity contribution in [2.24, 2.45) is 11.8 Å².